The normalized spacial score (nSPS) is 17.4. The molecule has 21 heavy (non-hydrogen) atoms. The molecule has 0 saturated carbocycles. The lowest BCUT2D eigenvalue weighted by atomic mass is 9.96. The molecule has 1 aromatic carbocycles. The molecule has 1 aliphatic rings. The molecule has 0 saturated heterocycles. The highest BCUT2D eigenvalue weighted by atomic mass is 35.5. The highest BCUT2D eigenvalue weighted by Gasteiger charge is 2.26. The van der Waals surface area contributed by atoms with E-state index >= 15 is 0 Å². The summed E-state index contributed by atoms with van der Waals surface area (Å²) in [5.41, 5.74) is 2.22. The second kappa shape index (κ2) is 5.33. The Kier molecular flexibility index (Phi) is 3.51. The van der Waals surface area contributed by atoms with Crippen LogP contribution >= 0.6 is 11.6 Å². The van der Waals surface area contributed by atoms with Crippen molar-refractivity contribution in [2.75, 3.05) is 4.90 Å². The summed E-state index contributed by atoms with van der Waals surface area (Å²) < 4.78 is 0. The smallest absolute Gasteiger partial charge is 0.276 e. The third-order valence-corrected chi connectivity index (χ3v) is 3.94. The van der Waals surface area contributed by atoms with Crippen molar-refractivity contribution in [1.29, 1.82) is 0 Å². The van der Waals surface area contributed by atoms with Gasteiger partial charge in [-0.05, 0) is 31.4 Å². The summed E-state index contributed by atoms with van der Waals surface area (Å²) in [6.07, 6.45) is 1.97. The number of fused-ring (bicyclic) bond motifs is 1. The first-order valence-corrected chi connectivity index (χ1v) is 7.13. The number of benzene rings is 1. The Morgan fingerprint density at radius 3 is 2.90 bits per heavy atom. The summed E-state index contributed by atoms with van der Waals surface area (Å²) in [5.74, 6) is 0.522. The molecule has 0 aliphatic carbocycles. The zero-order chi connectivity index (χ0) is 15.0. The topological polar surface area (TPSA) is 59.3 Å². The van der Waals surface area contributed by atoms with Crippen molar-refractivity contribution in [3.05, 3.63) is 57.2 Å². The SMILES string of the molecule is CC1CCc2ccccc2N1c1cc([N+](=O)[O-])cc(Cl)n1. The predicted octanol–water partition coefficient (Wildman–Crippen LogP) is 4.12. The quantitative estimate of drug-likeness (QED) is 0.476. The fourth-order valence-electron chi connectivity index (χ4n) is 2.74. The maximum Gasteiger partial charge on any atom is 0.276 e. The molecular formula is C15H14ClN3O2. The van der Waals surface area contributed by atoms with E-state index in [4.69, 9.17) is 11.6 Å². The number of rotatable bonds is 2. The number of nitrogens with zero attached hydrogens (tertiary/aromatic N) is 3. The van der Waals surface area contributed by atoms with Gasteiger partial charge in [-0.25, -0.2) is 4.98 Å². The first-order chi connectivity index (χ1) is 10.1. The number of hydrogen-bond acceptors (Lipinski definition) is 4. The Morgan fingerprint density at radius 2 is 2.14 bits per heavy atom. The second-order valence-corrected chi connectivity index (χ2v) is 5.54. The number of aromatic nitrogens is 1. The Labute approximate surface area is 127 Å². The van der Waals surface area contributed by atoms with Gasteiger partial charge in [0, 0.05) is 11.7 Å². The van der Waals surface area contributed by atoms with E-state index < -0.39 is 4.92 Å². The van der Waals surface area contributed by atoms with Crippen LogP contribution in [0.1, 0.15) is 18.9 Å². The monoisotopic (exact) mass is 303 g/mol. The van der Waals surface area contributed by atoms with E-state index in [1.165, 1.54) is 17.7 Å². The van der Waals surface area contributed by atoms with Crippen molar-refractivity contribution in [2.45, 2.75) is 25.8 Å². The van der Waals surface area contributed by atoms with Crippen LogP contribution in [0, 0.1) is 10.1 Å². The first kappa shape index (κ1) is 13.8. The van der Waals surface area contributed by atoms with Crippen LogP contribution in [0.25, 0.3) is 0 Å². The minimum absolute atomic E-state index is 0.0414. The molecule has 0 spiro atoms. The molecule has 0 N–H and O–H groups in total. The van der Waals surface area contributed by atoms with Crippen molar-refractivity contribution in [3.8, 4) is 0 Å². The molecule has 0 amide bonds. The zero-order valence-electron chi connectivity index (χ0n) is 11.5. The van der Waals surface area contributed by atoms with E-state index in [1.807, 2.05) is 23.1 Å². The number of hydrogen-bond donors (Lipinski definition) is 0. The fourth-order valence-corrected chi connectivity index (χ4v) is 2.93. The van der Waals surface area contributed by atoms with Gasteiger partial charge in [-0.15, -0.1) is 0 Å². The van der Waals surface area contributed by atoms with Gasteiger partial charge < -0.3 is 4.90 Å². The maximum atomic E-state index is 11.0. The van der Waals surface area contributed by atoms with Crippen LogP contribution in [-0.4, -0.2) is 15.9 Å². The van der Waals surface area contributed by atoms with E-state index in [9.17, 15) is 10.1 Å². The third-order valence-electron chi connectivity index (χ3n) is 3.75. The van der Waals surface area contributed by atoms with Crippen LogP contribution < -0.4 is 4.90 Å². The number of halogens is 1. The molecule has 1 unspecified atom stereocenters. The summed E-state index contributed by atoms with van der Waals surface area (Å²) in [4.78, 5) is 16.9. The Hall–Kier alpha value is -2.14. The van der Waals surface area contributed by atoms with E-state index in [1.54, 1.807) is 0 Å². The Bertz CT molecular complexity index is 705. The summed E-state index contributed by atoms with van der Waals surface area (Å²) in [6, 6.07) is 11.0. The van der Waals surface area contributed by atoms with E-state index in [2.05, 4.69) is 18.0 Å². The molecule has 1 aromatic heterocycles. The number of anilines is 2. The zero-order valence-corrected chi connectivity index (χ0v) is 12.2. The number of nitro groups is 1. The molecule has 6 heteroatoms. The molecule has 3 rings (SSSR count). The van der Waals surface area contributed by atoms with Gasteiger partial charge in [-0.1, -0.05) is 29.8 Å². The minimum Gasteiger partial charge on any atom is -0.323 e. The van der Waals surface area contributed by atoms with Gasteiger partial charge in [-0.3, -0.25) is 10.1 Å². The average molecular weight is 304 g/mol. The number of pyridine rings is 1. The van der Waals surface area contributed by atoms with Gasteiger partial charge in [0.15, 0.2) is 0 Å². The molecule has 2 aromatic rings. The summed E-state index contributed by atoms with van der Waals surface area (Å²) in [6.45, 7) is 2.09. The highest BCUT2D eigenvalue weighted by molar-refractivity contribution is 6.29. The number of para-hydroxylation sites is 1. The minimum atomic E-state index is -0.447. The van der Waals surface area contributed by atoms with E-state index in [-0.39, 0.29) is 16.9 Å². The Balaban J connectivity index is 2.13. The molecule has 1 aliphatic heterocycles. The van der Waals surface area contributed by atoms with Crippen molar-refractivity contribution in [1.82, 2.24) is 4.98 Å². The standard InChI is InChI=1S/C15H14ClN3O2/c1-10-6-7-11-4-2-3-5-13(11)18(10)15-9-12(19(20)21)8-14(16)17-15/h2-5,8-10H,6-7H2,1H3. The number of aryl methyl sites for hydroxylation is 1. The molecule has 0 fully saturated rings. The highest BCUT2D eigenvalue weighted by Crippen LogP contribution is 2.37. The molecular weight excluding hydrogens is 290 g/mol. The van der Waals surface area contributed by atoms with Crippen molar-refractivity contribution in [3.63, 3.8) is 0 Å². The van der Waals surface area contributed by atoms with Crippen molar-refractivity contribution >= 4 is 28.8 Å². The van der Waals surface area contributed by atoms with E-state index in [0.717, 1.165) is 18.5 Å². The lowest BCUT2D eigenvalue weighted by molar-refractivity contribution is -0.384. The van der Waals surface area contributed by atoms with Gasteiger partial charge in [0.1, 0.15) is 11.0 Å². The van der Waals surface area contributed by atoms with Crippen LogP contribution in [0.4, 0.5) is 17.2 Å². The molecule has 0 radical (unpaired) electrons. The van der Waals surface area contributed by atoms with Crippen LogP contribution in [0.15, 0.2) is 36.4 Å². The Morgan fingerprint density at radius 1 is 1.38 bits per heavy atom. The summed E-state index contributed by atoms with van der Waals surface area (Å²) in [7, 11) is 0. The van der Waals surface area contributed by atoms with Crippen molar-refractivity contribution < 1.29 is 4.92 Å². The van der Waals surface area contributed by atoms with Crippen LogP contribution in [0.2, 0.25) is 5.15 Å². The third kappa shape index (κ3) is 2.56. The first-order valence-electron chi connectivity index (χ1n) is 6.75. The van der Waals surface area contributed by atoms with E-state index in [0.29, 0.717) is 5.82 Å². The van der Waals surface area contributed by atoms with Gasteiger partial charge in [-0.2, -0.15) is 0 Å². The van der Waals surface area contributed by atoms with Gasteiger partial charge in [0.2, 0.25) is 0 Å². The summed E-state index contributed by atoms with van der Waals surface area (Å²) in [5, 5.41) is 11.1. The molecule has 108 valence electrons. The average Bonchev–Trinajstić information content (AvgIpc) is 2.46. The fraction of sp³-hybridized carbons (Fsp3) is 0.267. The predicted molar refractivity (Wildman–Crippen MR) is 82.3 cm³/mol. The summed E-state index contributed by atoms with van der Waals surface area (Å²) >= 11 is 5.95. The maximum absolute atomic E-state index is 11.0. The van der Waals surface area contributed by atoms with Crippen LogP contribution in [0.3, 0.4) is 0 Å². The van der Waals surface area contributed by atoms with Gasteiger partial charge in [0.05, 0.1) is 17.1 Å². The van der Waals surface area contributed by atoms with Crippen molar-refractivity contribution in [2.24, 2.45) is 0 Å². The van der Waals surface area contributed by atoms with Crippen LogP contribution in [0.5, 0.6) is 0 Å². The lowest BCUT2D eigenvalue weighted by Gasteiger charge is -2.36. The van der Waals surface area contributed by atoms with Gasteiger partial charge in [0.25, 0.3) is 5.69 Å². The molecule has 1 atom stereocenters. The van der Waals surface area contributed by atoms with Crippen LogP contribution in [-0.2, 0) is 6.42 Å². The molecule has 2 heterocycles. The lowest BCUT2D eigenvalue weighted by Crippen LogP contribution is -2.33. The largest absolute Gasteiger partial charge is 0.323 e. The molecule has 0 bridgehead atoms. The van der Waals surface area contributed by atoms with Gasteiger partial charge >= 0.3 is 0 Å². The molecule has 5 nitrogen and oxygen atoms in total. The second-order valence-electron chi connectivity index (χ2n) is 5.15.